The fourth-order valence-corrected chi connectivity index (χ4v) is 2.90. The van der Waals surface area contributed by atoms with Crippen molar-refractivity contribution in [2.75, 3.05) is 32.1 Å². The van der Waals surface area contributed by atoms with Crippen molar-refractivity contribution in [2.45, 2.75) is 19.1 Å². The van der Waals surface area contributed by atoms with Crippen LogP contribution in [-0.2, 0) is 6.61 Å². The summed E-state index contributed by atoms with van der Waals surface area (Å²) >= 11 is 0. The van der Waals surface area contributed by atoms with Gasteiger partial charge in [0.05, 0.1) is 12.1 Å². The largest absolute Gasteiger partial charge is 0.392 e. The van der Waals surface area contributed by atoms with Crippen molar-refractivity contribution in [1.82, 2.24) is 9.88 Å². The van der Waals surface area contributed by atoms with Crippen molar-refractivity contribution in [3.63, 3.8) is 0 Å². The Morgan fingerprint density at radius 1 is 1.35 bits per heavy atom. The molecule has 2 aromatic rings. The lowest BCUT2D eigenvalue weighted by Crippen LogP contribution is -2.32. The molecule has 106 valence electrons. The summed E-state index contributed by atoms with van der Waals surface area (Å²) < 4.78 is 0. The van der Waals surface area contributed by atoms with Crippen LogP contribution in [-0.4, -0.2) is 48.2 Å². The molecule has 1 atom stereocenters. The molecule has 1 N–H and O–H groups in total. The van der Waals surface area contributed by atoms with E-state index >= 15 is 0 Å². The molecule has 1 unspecified atom stereocenters. The van der Waals surface area contributed by atoms with E-state index in [1.54, 1.807) is 0 Å². The Labute approximate surface area is 119 Å². The van der Waals surface area contributed by atoms with Crippen LogP contribution < -0.4 is 4.90 Å². The zero-order valence-corrected chi connectivity index (χ0v) is 12.1. The van der Waals surface area contributed by atoms with Crippen LogP contribution in [0.2, 0.25) is 0 Å². The molecule has 0 saturated carbocycles. The second kappa shape index (κ2) is 5.38. The first-order chi connectivity index (χ1) is 9.69. The SMILES string of the molecule is CN(C)C1CCN(c2nc3ccccc3cc2CO)C1. The van der Waals surface area contributed by atoms with Crippen molar-refractivity contribution in [3.8, 4) is 0 Å². The average Bonchev–Trinajstić information content (AvgIpc) is 2.95. The van der Waals surface area contributed by atoms with Crippen molar-refractivity contribution in [2.24, 2.45) is 0 Å². The maximum absolute atomic E-state index is 9.64. The third-order valence-corrected chi connectivity index (χ3v) is 4.14. The first kappa shape index (κ1) is 13.3. The van der Waals surface area contributed by atoms with Crippen molar-refractivity contribution in [1.29, 1.82) is 0 Å². The fraction of sp³-hybridized carbons (Fsp3) is 0.438. The van der Waals surface area contributed by atoms with Gasteiger partial charge in [-0.15, -0.1) is 0 Å². The van der Waals surface area contributed by atoms with Crippen LogP contribution in [0.3, 0.4) is 0 Å². The molecule has 1 fully saturated rings. The van der Waals surface area contributed by atoms with E-state index in [-0.39, 0.29) is 6.61 Å². The second-order valence-corrected chi connectivity index (χ2v) is 5.67. The molecule has 1 aliphatic heterocycles. The van der Waals surface area contributed by atoms with Crippen molar-refractivity contribution < 1.29 is 5.11 Å². The number of benzene rings is 1. The number of aliphatic hydroxyl groups is 1. The molecule has 1 aromatic carbocycles. The molecular weight excluding hydrogens is 250 g/mol. The Balaban J connectivity index is 1.98. The first-order valence-electron chi connectivity index (χ1n) is 7.10. The first-order valence-corrected chi connectivity index (χ1v) is 7.10. The number of pyridine rings is 1. The van der Waals surface area contributed by atoms with Crippen LogP contribution in [0.5, 0.6) is 0 Å². The van der Waals surface area contributed by atoms with Crippen LogP contribution in [0.1, 0.15) is 12.0 Å². The van der Waals surface area contributed by atoms with Gasteiger partial charge in [-0.25, -0.2) is 4.98 Å². The van der Waals surface area contributed by atoms with Gasteiger partial charge in [0.15, 0.2) is 0 Å². The van der Waals surface area contributed by atoms with Gasteiger partial charge in [0.1, 0.15) is 5.82 Å². The second-order valence-electron chi connectivity index (χ2n) is 5.67. The number of fused-ring (bicyclic) bond motifs is 1. The van der Waals surface area contributed by atoms with Crippen LogP contribution in [0.4, 0.5) is 5.82 Å². The van der Waals surface area contributed by atoms with Gasteiger partial charge < -0.3 is 14.9 Å². The molecule has 1 aromatic heterocycles. The molecule has 0 radical (unpaired) electrons. The van der Waals surface area contributed by atoms with Crippen molar-refractivity contribution in [3.05, 3.63) is 35.9 Å². The van der Waals surface area contributed by atoms with Crippen LogP contribution in [0, 0.1) is 0 Å². The average molecular weight is 271 g/mol. The number of anilines is 1. The quantitative estimate of drug-likeness (QED) is 0.925. The summed E-state index contributed by atoms with van der Waals surface area (Å²) in [7, 11) is 4.24. The van der Waals surface area contributed by atoms with E-state index in [2.05, 4.69) is 30.0 Å². The van der Waals surface area contributed by atoms with Gasteiger partial charge in [0.25, 0.3) is 0 Å². The molecule has 2 heterocycles. The predicted octanol–water partition coefficient (Wildman–Crippen LogP) is 1.87. The monoisotopic (exact) mass is 271 g/mol. The highest BCUT2D eigenvalue weighted by Gasteiger charge is 2.26. The van der Waals surface area contributed by atoms with E-state index in [1.807, 2.05) is 24.3 Å². The minimum absolute atomic E-state index is 0.0380. The van der Waals surface area contributed by atoms with Gasteiger partial charge in [-0.1, -0.05) is 18.2 Å². The standard InChI is InChI=1S/C16H21N3O/c1-18(2)14-7-8-19(10-14)16-13(11-20)9-12-5-3-4-6-15(12)17-16/h3-6,9,14,20H,7-8,10-11H2,1-2H3. The summed E-state index contributed by atoms with van der Waals surface area (Å²) in [5.74, 6) is 0.940. The molecule has 3 rings (SSSR count). The Kier molecular flexibility index (Phi) is 3.59. The molecule has 0 bridgehead atoms. The lowest BCUT2D eigenvalue weighted by molar-refractivity contribution is 0.281. The topological polar surface area (TPSA) is 39.6 Å². The number of nitrogens with zero attached hydrogens (tertiary/aromatic N) is 3. The lowest BCUT2D eigenvalue weighted by atomic mass is 10.1. The number of hydrogen-bond acceptors (Lipinski definition) is 4. The number of likely N-dealkylation sites (N-methyl/N-ethyl adjacent to an activating group) is 1. The van der Waals surface area contributed by atoms with Gasteiger partial charge in [-0.2, -0.15) is 0 Å². The van der Waals surface area contributed by atoms with Gasteiger partial charge >= 0.3 is 0 Å². The van der Waals surface area contributed by atoms with Crippen LogP contribution >= 0.6 is 0 Å². The van der Waals surface area contributed by atoms with E-state index in [1.165, 1.54) is 0 Å². The summed E-state index contributed by atoms with van der Waals surface area (Å²) in [5, 5.41) is 10.7. The maximum atomic E-state index is 9.64. The highest BCUT2D eigenvalue weighted by atomic mass is 16.3. The highest BCUT2D eigenvalue weighted by molar-refractivity contribution is 5.81. The Morgan fingerprint density at radius 2 is 2.15 bits per heavy atom. The molecule has 1 saturated heterocycles. The molecule has 4 heteroatoms. The summed E-state index contributed by atoms with van der Waals surface area (Å²) in [5.41, 5.74) is 1.91. The zero-order chi connectivity index (χ0) is 14.1. The third kappa shape index (κ3) is 2.37. The van der Waals surface area contributed by atoms with E-state index in [0.29, 0.717) is 6.04 Å². The predicted molar refractivity (Wildman–Crippen MR) is 82.0 cm³/mol. The molecule has 0 spiro atoms. The van der Waals surface area contributed by atoms with Gasteiger partial charge in [-0.3, -0.25) is 0 Å². The number of para-hydroxylation sites is 1. The normalized spacial score (nSPS) is 19.2. The summed E-state index contributed by atoms with van der Waals surface area (Å²) in [6, 6.07) is 10.7. The molecule has 1 aliphatic rings. The van der Waals surface area contributed by atoms with E-state index < -0.39 is 0 Å². The molecular formula is C16H21N3O. The number of rotatable bonds is 3. The summed E-state index contributed by atoms with van der Waals surface area (Å²) in [6.45, 7) is 2.02. The lowest BCUT2D eigenvalue weighted by Gasteiger charge is -2.23. The minimum atomic E-state index is 0.0380. The smallest absolute Gasteiger partial charge is 0.134 e. The number of aliphatic hydroxyl groups excluding tert-OH is 1. The molecule has 20 heavy (non-hydrogen) atoms. The van der Waals surface area contributed by atoms with Crippen molar-refractivity contribution >= 4 is 16.7 Å². The molecule has 4 nitrogen and oxygen atoms in total. The van der Waals surface area contributed by atoms with Gasteiger partial charge in [0, 0.05) is 30.1 Å². The van der Waals surface area contributed by atoms with Gasteiger partial charge in [-0.05, 0) is 32.6 Å². The number of hydrogen-bond donors (Lipinski definition) is 1. The minimum Gasteiger partial charge on any atom is -0.392 e. The van der Waals surface area contributed by atoms with E-state index in [0.717, 1.165) is 41.8 Å². The summed E-state index contributed by atoms with van der Waals surface area (Å²) in [6.07, 6.45) is 1.15. The zero-order valence-electron chi connectivity index (χ0n) is 12.1. The number of aromatic nitrogens is 1. The van der Waals surface area contributed by atoms with Crippen LogP contribution in [0.25, 0.3) is 10.9 Å². The Morgan fingerprint density at radius 3 is 2.85 bits per heavy atom. The van der Waals surface area contributed by atoms with Crippen LogP contribution in [0.15, 0.2) is 30.3 Å². The Bertz CT molecular complexity index is 612. The summed E-state index contributed by atoms with van der Waals surface area (Å²) in [4.78, 5) is 9.33. The van der Waals surface area contributed by atoms with E-state index in [9.17, 15) is 5.11 Å². The maximum Gasteiger partial charge on any atom is 0.134 e. The van der Waals surface area contributed by atoms with Gasteiger partial charge in [0.2, 0.25) is 0 Å². The fourth-order valence-electron chi connectivity index (χ4n) is 2.90. The highest BCUT2D eigenvalue weighted by Crippen LogP contribution is 2.27. The third-order valence-electron chi connectivity index (χ3n) is 4.14. The Hall–Kier alpha value is -1.65. The molecule has 0 amide bonds. The van der Waals surface area contributed by atoms with E-state index in [4.69, 9.17) is 4.98 Å². The molecule has 0 aliphatic carbocycles.